The molecule has 1 N–H and O–H groups in total. The molecule has 1 fully saturated rings. The van der Waals surface area contributed by atoms with Gasteiger partial charge in [-0.05, 0) is 55.8 Å². The highest BCUT2D eigenvalue weighted by Gasteiger charge is 2.37. The topological polar surface area (TPSA) is 84.9 Å². The molecule has 2 aromatic rings. The molecule has 3 rings (SSSR count). The summed E-state index contributed by atoms with van der Waals surface area (Å²) >= 11 is 18.2. The molecule has 0 aromatic heterocycles. The van der Waals surface area contributed by atoms with E-state index in [4.69, 9.17) is 44.3 Å². The second-order valence-corrected chi connectivity index (χ2v) is 7.98. The van der Waals surface area contributed by atoms with Gasteiger partial charge in [0.05, 0.1) is 34.0 Å². The first-order valence-corrected chi connectivity index (χ1v) is 10.2. The second-order valence-electron chi connectivity index (χ2n) is 6.76. The highest BCUT2D eigenvalue weighted by molar-refractivity contribution is 6.43. The molecule has 1 saturated heterocycles. The minimum atomic E-state index is -0.901. The van der Waals surface area contributed by atoms with Crippen LogP contribution in [-0.4, -0.2) is 31.1 Å². The van der Waals surface area contributed by atoms with E-state index < -0.39 is 17.8 Å². The van der Waals surface area contributed by atoms with Crippen LogP contribution in [0.4, 0.5) is 10.5 Å². The lowest BCUT2D eigenvalue weighted by Gasteiger charge is -2.26. The fraction of sp³-hybridized carbons (Fsp3) is 0.190. The van der Waals surface area contributed by atoms with Gasteiger partial charge in [-0.3, -0.25) is 14.9 Å². The average molecular weight is 484 g/mol. The summed E-state index contributed by atoms with van der Waals surface area (Å²) in [5.74, 6) is -1.00. The summed E-state index contributed by atoms with van der Waals surface area (Å²) < 4.78 is 11.0. The quantitative estimate of drug-likeness (QED) is 0.472. The predicted octanol–water partition coefficient (Wildman–Crippen LogP) is 5.11. The van der Waals surface area contributed by atoms with Crippen molar-refractivity contribution in [3.63, 3.8) is 0 Å². The van der Waals surface area contributed by atoms with Gasteiger partial charge in [0.2, 0.25) is 0 Å². The highest BCUT2D eigenvalue weighted by atomic mass is 35.5. The van der Waals surface area contributed by atoms with Crippen molar-refractivity contribution in [3.05, 3.63) is 56.5 Å². The average Bonchev–Trinajstić information content (AvgIpc) is 2.69. The predicted molar refractivity (Wildman–Crippen MR) is 119 cm³/mol. The molecule has 1 heterocycles. The van der Waals surface area contributed by atoms with E-state index in [2.05, 4.69) is 5.32 Å². The number of anilines is 1. The van der Waals surface area contributed by atoms with Gasteiger partial charge in [0, 0.05) is 0 Å². The van der Waals surface area contributed by atoms with E-state index >= 15 is 0 Å². The van der Waals surface area contributed by atoms with Crippen molar-refractivity contribution in [1.82, 2.24) is 5.32 Å². The molecular formula is C21H17Cl3N2O5. The summed E-state index contributed by atoms with van der Waals surface area (Å²) in [6.45, 7) is 3.68. The monoisotopic (exact) mass is 482 g/mol. The lowest BCUT2D eigenvalue weighted by molar-refractivity contribution is -0.122. The molecule has 7 nitrogen and oxygen atoms in total. The third-order valence-electron chi connectivity index (χ3n) is 4.18. The van der Waals surface area contributed by atoms with Crippen molar-refractivity contribution in [3.8, 4) is 11.5 Å². The van der Waals surface area contributed by atoms with Crippen molar-refractivity contribution < 1.29 is 23.9 Å². The highest BCUT2D eigenvalue weighted by Crippen LogP contribution is 2.38. The molecule has 1 aliphatic heterocycles. The Morgan fingerprint density at radius 2 is 1.71 bits per heavy atom. The Hall–Kier alpha value is -2.74. The Balaban J connectivity index is 2.03. The maximum absolute atomic E-state index is 13.0. The molecule has 0 spiro atoms. The summed E-state index contributed by atoms with van der Waals surface area (Å²) in [6, 6.07) is 6.43. The van der Waals surface area contributed by atoms with Crippen LogP contribution in [0.3, 0.4) is 0 Å². The van der Waals surface area contributed by atoms with Crippen LogP contribution in [0.25, 0.3) is 6.08 Å². The van der Waals surface area contributed by atoms with E-state index in [0.29, 0.717) is 17.1 Å². The van der Waals surface area contributed by atoms with Crippen molar-refractivity contribution in [1.29, 1.82) is 0 Å². The number of hydrogen-bond donors (Lipinski definition) is 1. The molecule has 0 bridgehead atoms. The van der Waals surface area contributed by atoms with Crippen LogP contribution >= 0.6 is 34.8 Å². The Kier molecular flexibility index (Phi) is 6.79. The Bertz CT molecular complexity index is 1110. The van der Waals surface area contributed by atoms with Crippen molar-refractivity contribution in [2.24, 2.45) is 0 Å². The summed E-state index contributed by atoms with van der Waals surface area (Å²) in [5, 5.41) is 2.78. The van der Waals surface area contributed by atoms with Crippen molar-refractivity contribution >= 4 is 64.4 Å². The van der Waals surface area contributed by atoms with E-state index in [1.165, 1.54) is 37.5 Å². The van der Waals surface area contributed by atoms with E-state index in [0.717, 1.165) is 4.90 Å². The molecule has 2 aromatic carbocycles. The zero-order chi connectivity index (χ0) is 22.9. The standard InChI is InChI=1S/C21H17Cl3N2O5/c1-10(2)31-18-16(24)7-11(8-17(18)30-3)6-13-19(27)25-21(29)26(20(13)28)12-4-5-14(22)15(23)9-12/h4-10H,1-3H3,(H,25,27,29)/b13-6+. The second kappa shape index (κ2) is 9.18. The first-order valence-electron chi connectivity index (χ1n) is 9.03. The Morgan fingerprint density at radius 1 is 1.00 bits per heavy atom. The zero-order valence-corrected chi connectivity index (χ0v) is 18.9. The zero-order valence-electron chi connectivity index (χ0n) is 16.7. The first-order chi connectivity index (χ1) is 14.6. The number of carbonyl (C=O) groups is 3. The lowest BCUT2D eigenvalue weighted by atomic mass is 10.1. The molecule has 0 aliphatic carbocycles. The maximum Gasteiger partial charge on any atom is 0.335 e. The number of barbiturate groups is 1. The normalized spacial score (nSPS) is 15.5. The number of urea groups is 1. The molecule has 4 amide bonds. The van der Waals surface area contributed by atoms with Gasteiger partial charge in [-0.15, -0.1) is 0 Å². The number of rotatable bonds is 5. The van der Waals surface area contributed by atoms with Gasteiger partial charge >= 0.3 is 6.03 Å². The number of hydrogen-bond acceptors (Lipinski definition) is 5. The van der Waals surface area contributed by atoms with Gasteiger partial charge in [0.1, 0.15) is 5.57 Å². The molecular weight excluding hydrogens is 467 g/mol. The van der Waals surface area contributed by atoms with Gasteiger partial charge in [-0.1, -0.05) is 34.8 Å². The Labute approximate surface area is 193 Å². The molecule has 0 saturated carbocycles. The van der Waals surface area contributed by atoms with Crippen molar-refractivity contribution in [2.45, 2.75) is 20.0 Å². The van der Waals surface area contributed by atoms with Gasteiger partial charge in [0.25, 0.3) is 11.8 Å². The van der Waals surface area contributed by atoms with E-state index in [9.17, 15) is 14.4 Å². The third kappa shape index (κ3) is 4.79. The number of ether oxygens (including phenoxy) is 2. The molecule has 31 heavy (non-hydrogen) atoms. The number of nitrogens with one attached hydrogen (secondary N) is 1. The molecule has 0 radical (unpaired) electrons. The molecule has 0 unspecified atom stereocenters. The molecule has 0 atom stereocenters. The molecule has 162 valence electrons. The Morgan fingerprint density at radius 3 is 2.32 bits per heavy atom. The first kappa shape index (κ1) is 22.9. The fourth-order valence-corrected chi connectivity index (χ4v) is 3.41. The largest absolute Gasteiger partial charge is 0.493 e. The summed E-state index contributed by atoms with van der Waals surface area (Å²) in [4.78, 5) is 38.5. The number of nitrogens with zero attached hydrogens (tertiary/aromatic N) is 1. The van der Waals surface area contributed by atoms with Gasteiger partial charge in [0.15, 0.2) is 11.5 Å². The van der Waals surface area contributed by atoms with E-state index in [-0.39, 0.29) is 32.4 Å². The smallest absolute Gasteiger partial charge is 0.335 e. The lowest BCUT2D eigenvalue weighted by Crippen LogP contribution is -2.54. The third-order valence-corrected chi connectivity index (χ3v) is 5.20. The van der Waals surface area contributed by atoms with E-state index in [1.54, 1.807) is 6.07 Å². The number of carbonyl (C=O) groups excluding carboxylic acids is 3. The van der Waals surface area contributed by atoms with Crippen molar-refractivity contribution in [2.75, 3.05) is 12.0 Å². The number of methoxy groups -OCH3 is 1. The number of halogens is 3. The van der Waals surface area contributed by atoms with Gasteiger partial charge < -0.3 is 9.47 Å². The SMILES string of the molecule is COc1cc(/C=C2\C(=O)NC(=O)N(c3ccc(Cl)c(Cl)c3)C2=O)cc(Cl)c1OC(C)C. The van der Waals surface area contributed by atoms with Crippen LogP contribution in [0, 0.1) is 0 Å². The summed E-state index contributed by atoms with van der Waals surface area (Å²) in [6.07, 6.45) is 1.16. The number of benzene rings is 2. The minimum Gasteiger partial charge on any atom is -0.493 e. The van der Waals surface area contributed by atoms with Crippen LogP contribution in [-0.2, 0) is 9.59 Å². The van der Waals surface area contributed by atoms with Crippen LogP contribution < -0.4 is 19.7 Å². The van der Waals surface area contributed by atoms with E-state index in [1.807, 2.05) is 13.8 Å². The minimum absolute atomic E-state index is 0.146. The summed E-state index contributed by atoms with van der Waals surface area (Å²) in [7, 11) is 1.44. The van der Waals surface area contributed by atoms with Crippen LogP contribution in [0.15, 0.2) is 35.9 Å². The fourth-order valence-electron chi connectivity index (χ4n) is 2.86. The van der Waals surface area contributed by atoms with Crippen LogP contribution in [0.5, 0.6) is 11.5 Å². The van der Waals surface area contributed by atoms with Gasteiger partial charge in [-0.25, -0.2) is 9.69 Å². The number of imide groups is 2. The molecule has 1 aliphatic rings. The molecule has 10 heteroatoms. The van der Waals surface area contributed by atoms with Crippen LogP contribution in [0.2, 0.25) is 15.1 Å². The summed E-state index contributed by atoms with van der Waals surface area (Å²) in [5.41, 5.74) is 0.285. The number of amides is 4. The van der Waals surface area contributed by atoms with Gasteiger partial charge in [-0.2, -0.15) is 0 Å². The van der Waals surface area contributed by atoms with Crippen LogP contribution in [0.1, 0.15) is 19.4 Å². The maximum atomic E-state index is 13.0.